The van der Waals surface area contributed by atoms with Crippen LogP contribution in [0.25, 0.3) is 38.6 Å². The molecule has 0 radical (unpaired) electrons. The molecule has 208 valence electrons. The molecule has 0 atom stereocenters. The summed E-state index contributed by atoms with van der Waals surface area (Å²) in [5, 5.41) is 2.63. The summed E-state index contributed by atoms with van der Waals surface area (Å²) >= 11 is 0. The summed E-state index contributed by atoms with van der Waals surface area (Å²) in [5.74, 6) is 0. The largest absolute Gasteiger partial charge is 0.310 e. The molecule has 3 heterocycles. The first kappa shape index (κ1) is 24.8. The number of nitrogens with zero attached hydrogens (tertiary/aromatic N) is 1. The van der Waals surface area contributed by atoms with Crippen LogP contribution in [0.2, 0.25) is 0 Å². The summed E-state index contributed by atoms with van der Waals surface area (Å²) in [6, 6.07) is 63.3. The van der Waals surface area contributed by atoms with Crippen LogP contribution in [0, 0.1) is 0 Å². The lowest BCUT2D eigenvalue weighted by atomic mass is 9.29. The highest BCUT2D eigenvalue weighted by Gasteiger charge is 2.50. The molecule has 1 nitrogen and oxygen atoms in total. The molecule has 0 unspecified atom stereocenters. The Hall–Kier alpha value is -5.60. The summed E-state index contributed by atoms with van der Waals surface area (Å²) in [5.41, 5.74) is 15.3. The normalized spacial score (nSPS) is 13.9. The van der Waals surface area contributed by atoms with Crippen molar-refractivity contribution in [3.63, 3.8) is 0 Å². The van der Waals surface area contributed by atoms with Gasteiger partial charge in [0, 0.05) is 22.0 Å². The lowest BCUT2D eigenvalue weighted by Crippen LogP contribution is -2.64. The number of hydrogen-bond acceptors (Lipinski definition) is 0. The van der Waals surface area contributed by atoms with Crippen molar-refractivity contribution < 1.29 is 0 Å². The molecule has 0 amide bonds. The van der Waals surface area contributed by atoms with Crippen LogP contribution >= 0.6 is 0 Å². The van der Waals surface area contributed by atoms with E-state index in [4.69, 9.17) is 0 Å². The number of rotatable bonds is 3. The number of aromatic nitrogens is 1. The summed E-state index contributed by atoms with van der Waals surface area (Å²) < 4.78 is 2.54. The van der Waals surface area contributed by atoms with E-state index in [1.54, 1.807) is 0 Å². The smallest absolute Gasteiger partial charge is 0.247 e. The molecule has 45 heavy (non-hydrogen) atoms. The predicted octanol–water partition coefficient (Wildman–Crippen LogP) is 7.98. The summed E-state index contributed by atoms with van der Waals surface area (Å²) in [6.45, 7) is 0.122. The van der Waals surface area contributed by atoms with E-state index >= 15 is 0 Å². The van der Waals surface area contributed by atoms with Crippen LogP contribution in [-0.4, -0.2) is 11.3 Å². The quantitative estimate of drug-likeness (QED) is 0.190. The Labute approximate surface area is 263 Å². The minimum absolute atomic E-state index is 0.122. The Bertz CT molecular complexity index is 2380. The van der Waals surface area contributed by atoms with Crippen molar-refractivity contribution in [3.8, 4) is 16.8 Å². The van der Waals surface area contributed by atoms with Crippen molar-refractivity contribution in [2.24, 2.45) is 0 Å². The highest BCUT2D eigenvalue weighted by atomic mass is 15.0. The van der Waals surface area contributed by atoms with Crippen molar-refractivity contribution >= 4 is 44.9 Å². The Kier molecular flexibility index (Phi) is 5.07. The van der Waals surface area contributed by atoms with Crippen molar-refractivity contribution in [1.29, 1.82) is 0 Å². The van der Waals surface area contributed by atoms with Crippen molar-refractivity contribution in [2.75, 3.05) is 0 Å². The molecule has 0 saturated heterocycles. The van der Waals surface area contributed by atoms with Crippen LogP contribution in [0.4, 0.5) is 0 Å². The van der Waals surface area contributed by atoms with Gasteiger partial charge in [-0.3, -0.25) is 0 Å². The van der Waals surface area contributed by atoms with Crippen molar-refractivity contribution in [1.82, 2.24) is 4.57 Å². The van der Waals surface area contributed by atoms with Crippen LogP contribution in [0.3, 0.4) is 0 Å². The Morgan fingerprint density at radius 1 is 0.444 bits per heavy atom. The van der Waals surface area contributed by atoms with E-state index in [0.717, 1.165) is 0 Å². The minimum Gasteiger partial charge on any atom is -0.310 e. The van der Waals surface area contributed by atoms with Gasteiger partial charge in [-0.05, 0) is 56.4 Å². The van der Waals surface area contributed by atoms with Gasteiger partial charge in [-0.25, -0.2) is 0 Å². The lowest BCUT2D eigenvalue weighted by Gasteiger charge is -2.46. The van der Waals surface area contributed by atoms with Crippen LogP contribution in [0.1, 0.15) is 22.3 Å². The van der Waals surface area contributed by atoms with E-state index in [2.05, 4.69) is 174 Å². The maximum absolute atomic E-state index is 2.54. The molecule has 0 N–H and O–H groups in total. The Balaban J connectivity index is 1.43. The van der Waals surface area contributed by atoms with Gasteiger partial charge in [-0.1, -0.05) is 163 Å². The molecule has 0 bridgehead atoms. The Morgan fingerprint density at radius 3 is 1.84 bits per heavy atom. The minimum atomic E-state index is -0.501. The highest BCUT2D eigenvalue weighted by Crippen LogP contribution is 2.48. The molecule has 2 aliphatic heterocycles. The first-order valence-electron chi connectivity index (χ1n) is 15.8. The molecule has 0 spiro atoms. The van der Waals surface area contributed by atoms with Gasteiger partial charge in [-0.2, -0.15) is 0 Å². The fourth-order valence-electron chi connectivity index (χ4n) is 8.64. The van der Waals surface area contributed by atoms with Crippen molar-refractivity contribution in [3.05, 3.63) is 192 Å². The number of benzene rings is 7. The van der Waals surface area contributed by atoms with Crippen LogP contribution < -0.4 is 16.4 Å². The standard InChI is InChI=1S/C43H28BN/c1-4-14-29(15-5-1)30-26-27-37-36(28-30)43(31-16-6-2-7-17-31,32-18-8-3-9-19-32)35-22-13-25-40-41(35)44(37)38-23-12-21-34-33-20-10-11-24-39(33)45(40)42(34)38/h1-28H. The first-order chi connectivity index (χ1) is 22.4. The maximum Gasteiger partial charge on any atom is 0.247 e. The van der Waals surface area contributed by atoms with Crippen LogP contribution in [0.5, 0.6) is 0 Å². The number of hydrogen-bond donors (Lipinski definition) is 0. The van der Waals surface area contributed by atoms with Crippen molar-refractivity contribution in [2.45, 2.75) is 5.41 Å². The van der Waals surface area contributed by atoms with Gasteiger partial charge < -0.3 is 4.57 Å². The molecule has 10 rings (SSSR count). The zero-order chi connectivity index (χ0) is 29.5. The monoisotopic (exact) mass is 569 g/mol. The van der Waals surface area contributed by atoms with Gasteiger partial charge in [0.2, 0.25) is 6.71 Å². The second-order valence-electron chi connectivity index (χ2n) is 12.4. The summed E-state index contributed by atoms with van der Waals surface area (Å²) in [4.78, 5) is 0. The number of fused-ring (bicyclic) bond motifs is 7. The lowest BCUT2D eigenvalue weighted by molar-refractivity contribution is 0.750. The zero-order valence-electron chi connectivity index (χ0n) is 24.7. The van der Waals surface area contributed by atoms with E-state index in [-0.39, 0.29) is 6.71 Å². The van der Waals surface area contributed by atoms with E-state index in [9.17, 15) is 0 Å². The fraction of sp³-hybridized carbons (Fsp3) is 0.0233. The molecular formula is C43H28BN. The summed E-state index contributed by atoms with van der Waals surface area (Å²) in [6.07, 6.45) is 0. The van der Waals surface area contributed by atoms with E-state index in [1.807, 2.05) is 0 Å². The van der Waals surface area contributed by atoms with Gasteiger partial charge in [0.05, 0.1) is 10.9 Å². The van der Waals surface area contributed by atoms with Crippen LogP contribution in [0.15, 0.2) is 170 Å². The molecule has 7 aromatic carbocycles. The molecule has 0 aliphatic carbocycles. The van der Waals surface area contributed by atoms with Gasteiger partial charge in [0.1, 0.15) is 0 Å². The van der Waals surface area contributed by atoms with E-state index in [1.165, 1.54) is 77.3 Å². The SMILES string of the molecule is c1ccc(-c2ccc3c(c2)C(c2ccccc2)(c2ccccc2)c2cccc4c2B3c2cccc3c5ccccc5n-4c23)cc1. The maximum atomic E-state index is 2.54. The van der Waals surface area contributed by atoms with Gasteiger partial charge >= 0.3 is 0 Å². The second-order valence-corrected chi connectivity index (χ2v) is 12.4. The third-order valence-electron chi connectivity index (χ3n) is 10.3. The fourth-order valence-corrected chi connectivity index (χ4v) is 8.64. The zero-order valence-corrected chi connectivity index (χ0v) is 24.7. The average molecular weight is 570 g/mol. The Morgan fingerprint density at radius 2 is 1.09 bits per heavy atom. The first-order valence-corrected chi connectivity index (χ1v) is 15.8. The van der Waals surface area contributed by atoms with Gasteiger partial charge in [-0.15, -0.1) is 0 Å². The summed E-state index contributed by atoms with van der Waals surface area (Å²) in [7, 11) is 0. The third kappa shape index (κ3) is 3.19. The molecule has 0 saturated carbocycles. The van der Waals surface area contributed by atoms with E-state index < -0.39 is 5.41 Å². The molecule has 2 aliphatic rings. The van der Waals surface area contributed by atoms with Gasteiger partial charge in [0.25, 0.3) is 0 Å². The van der Waals surface area contributed by atoms with Crippen LogP contribution in [-0.2, 0) is 5.41 Å². The predicted molar refractivity (Wildman–Crippen MR) is 189 cm³/mol. The molecule has 2 heteroatoms. The molecule has 8 aromatic rings. The average Bonchev–Trinajstić information content (AvgIpc) is 3.46. The molecule has 1 aromatic heterocycles. The van der Waals surface area contributed by atoms with Gasteiger partial charge in [0.15, 0.2) is 0 Å². The number of para-hydroxylation sites is 2. The third-order valence-corrected chi connectivity index (χ3v) is 10.3. The molecular weight excluding hydrogens is 541 g/mol. The topological polar surface area (TPSA) is 4.93 Å². The molecule has 0 fully saturated rings. The second kappa shape index (κ2) is 9.20. The van der Waals surface area contributed by atoms with E-state index in [0.29, 0.717) is 0 Å². The highest BCUT2D eigenvalue weighted by molar-refractivity contribution is 6.99.